The lowest BCUT2D eigenvalue weighted by Crippen LogP contribution is -2.20. The molecule has 1 atom stereocenters. The minimum Gasteiger partial charge on any atom is -0.479 e. The number of nitrogens with two attached hydrogens (primary N) is 1. The predicted molar refractivity (Wildman–Crippen MR) is 128 cm³/mol. The molecule has 0 saturated carbocycles. The van der Waals surface area contributed by atoms with Gasteiger partial charge in [0.1, 0.15) is 29.1 Å². The number of alkyl halides is 3. The molecule has 0 spiro atoms. The molecule has 3 aromatic rings. The van der Waals surface area contributed by atoms with Crippen molar-refractivity contribution in [1.82, 2.24) is 4.98 Å². The van der Waals surface area contributed by atoms with Gasteiger partial charge in [0.15, 0.2) is 0 Å². The molecule has 1 aromatic heterocycles. The Labute approximate surface area is 217 Å². The summed E-state index contributed by atoms with van der Waals surface area (Å²) in [6.07, 6.45) is -4.65. The van der Waals surface area contributed by atoms with Crippen LogP contribution in [-0.4, -0.2) is 39.2 Å². The fourth-order valence-electron chi connectivity index (χ4n) is 2.51. The minimum atomic E-state index is -4.71. The Morgan fingerprint density at radius 3 is 2.24 bits per heavy atom. The van der Waals surface area contributed by atoms with E-state index in [1.165, 1.54) is 43.5 Å². The summed E-state index contributed by atoms with van der Waals surface area (Å²) in [5.74, 6) is -2.61. The predicted octanol–water partition coefficient (Wildman–Crippen LogP) is 4.88. The highest BCUT2D eigenvalue weighted by Crippen LogP contribution is 2.36. The van der Waals surface area contributed by atoms with Gasteiger partial charge >= 0.3 is 18.2 Å². The van der Waals surface area contributed by atoms with Crippen molar-refractivity contribution < 1.29 is 46.9 Å². The number of aliphatic carboxylic acids is 1. The van der Waals surface area contributed by atoms with Gasteiger partial charge in [-0.3, -0.25) is 9.78 Å². The molecule has 0 fully saturated rings. The summed E-state index contributed by atoms with van der Waals surface area (Å²) in [5, 5.41) is 19.6. The van der Waals surface area contributed by atoms with Gasteiger partial charge in [-0.2, -0.15) is 13.2 Å². The summed E-state index contributed by atoms with van der Waals surface area (Å²) in [7, 11) is 0. The third-order valence-corrected chi connectivity index (χ3v) is 4.62. The number of carbonyl (C=O) groups excluding carboxylic acids is 2. The van der Waals surface area contributed by atoms with Gasteiger partial charge in [-0.05, 0) is 43.3 Å². The lowest BCUT2D eigenvalue weighted by atomic mass is 10.2. The van der Waals surface area contributed by atoms with E-state index in [-0.39, 0.29) is 28.6 Å². The standard InChI is InChI=1S/C20H13ClF4N4O3.C3H6O3/c21-14-3-1-10(7-13(14)20(23,24)25)28-19(31)29-16-4-2-11(8-15(16)22)32-12-5-6-27-17(9-12)18(26)30;1-2(4)3(5)6/h1-9H,(H2,26,30)(H2,28,29,31);2,4H,1H3,(H,5,6). The normalized spacial score (nSPS) is 11.4. The number of amides is 3. The van der Waals surface area contributed by atoms with Gasteiger partial charge in [0.25, 0.3) is 5.91 Å². The van der Waals surface area contributed by atoms with Crippen LogP contribution in [0.4, 0.5) is 33.7 Å². The highest BCUT2D eigenvalue weighted by Gasteiger charge is 2.33. The molecule has 38 heavy (non-hydrogen) atoms. The maximum atomic E-state index is 14.4. The number of aliphatic hydroxyl groups excluding tert-OH is 1. The summed E-state index contributed by atoms with van der Waals surface area (Å²) in [4.78, 5) is 36.4. The van der Waals surface area contributed by atoms with E-state index >= 15 is 0 Å². The molecule has 15 heteroatoms. The van der Waals surface area contributed by atoms with Crippen LogP contribution in [0.5, 0.6) is 11.5 Å². The van der Waals surface area contributed by atoms with Crippen molar-refractivity contribution in [3.63, 3.8) is 0 Å². The molecular weight excluding hydrogens is 540 g/mol. The number of ether oxygens (including phenoxy) is 1. The fourth-order valence-corrected chi connectivity index (χ4v) is 2.74. The van der Waals surface area contributed by atoms with Gasteiger partial charge in [0.2, 0.25) is 0 Å². The van der Waals surface area contributed by atoms with E-state index in [9.17, 15) is 31.9 Å². The Kier molecular flexibility index (Phi) is 9.95. The van der Waals surface area contributed by atoms with Crippen molar-refractivity contribution in [2.75, 3.05) is 10.6 Å². The van der Waals surface area contributed by atoms with Crippen molar-refractivity contribution >= 4 is 40.9 Å². The van der Waals surface area contributed by atoms with E-state index in [1.54, 1.807) is 0 Å². The number of halogens is 5. The molecule has 10 nitrogen and oxygen atoms in total. The molecule has 0 bridgehead atoms. The monoisotopic (exact) mass is 558 g/mol. The van der Waals surface area contributed by atoms with Gasteiger partial charge < -0.3 is 31.3 Å². The number of nitrogens with one attached hydrogen (secondary N) is 2. The number of carboxylic acid groups (broad SMARTS) is 1. The summed E-state index contributed by atoms with van der Waals surface area (Å²) in [6, 6.07) is 7.99. The van der Waals surface area contributed by atoms with Crippen LogP contribution in [-0.2, 0) is 11.0 Å². The molecule has 0 aliphatic rings. The number of rotatable bonds is 6. The number of pyridine rings is 1. The number of hydrogen-bond donors (Lipinski definition) is 5. The number of urea groups is 1. The zero-order valence-electron chi connectivity index (χ0n) is 19.2. The van der Waals surface area contributed by atoms with E-state index < -0.39 is 46.6 Å². The maximum absolute atomic E-state index is 14.4. The quantitative estimate of drug-likeness (QED) is 0.269. The first-order valence-corrected chi connectivity index (χ1v) is 10.6. The first kappa shape index (κ1) is 29.8. The second-order valence-corrected chi connectivity index (χ2v) is 7.68. The number of primary amides is 1. The molecule has 3 rings (SSSR count). The van der Waals surface area contributed by atoms with Crippen LogP contribution < -0.4 is 21.1 Å². The zero-order valence-corrected chi connectivity index (χ0v) is 20.0. The van der Waals surface area contributed by atoms with Crippen molar-refractivity contribution in [3.05, 3.63) is 76.8 Å². The first-order chi connectivity index (χ1) is 17.7. The van der Waals surface area contributed by atoms with Crippen molar-refractivity contribution in [3.8, 4) is 11.5 Å². The first-order valence-electron chi connectivity index (χ1n) is 10.3. The van der Waals surface area contributed by atoms with Gasteiger partial charge in [-0.25, -0.2) is 14.0 Å². The lowest BCUT2D eigenvalue weighted by molar-refractivity contribution is -0.145. The molecule has 0 radical (unpaired) electrons. The Morgan fingerprint density at radius 1 is 1.05 bits per heavy atom. The van der Waals surface area contributed by atoms with Crippen LogP contribution in [0.15, 0.2) is 54.7 Å². The summed E-state index contributed by atoms with van der Waals surface area (Å²) >= 11 is 5.53. The molecule has 0 aliphatic heterocycles. The maximum Gasteiger partial charge on any atom is 0.417 e. The number of aliphatic hydroxyl groups is 1. The van der Waals surface area contributed by atoms with Crippen molar-refractivity contribution in [2.24, 2.45) is 5.73 Å². The topological polar surface area (TPSA) is 164 Å². The third kappa shape index (κ3) is 8.90. The molecule has 1 unspecified atom stereocenters. The van der Waals surface area contributed by atoms with E-state index in [0.717, 1.165) is 12.1 Å². The molecular formula is C23H19ClF4N4O6. The van der Waals surface area contributed by atoms with Crippen LogP contribution in [0.1, 0.15) is 23.0 Å². The molecule has 2 aromatic carbocycles. The molecule has 1 heterocycles. The molecule has 6 N–H and O–H groups in total. The minimum absolute atomic E-state index is 0.0441. The molecule has 3 amide bonds. The van der Waals surface area contributed by atoms with E-state index in [0.29, 0.717) is 6.07 Å². The number of benzene rings is 2. The van der Waals surface area contributed by atoms with Crippen LogP contribution in [0.2, 0.25) is 5.02 Å². The summed E-state index contributed by atoms with van der Waals surface area (Å²) < 4.78 is 58.5. The molecule has 202 valence electrons. The number of carbonyl (C=O) groups is 3. The smallest absolute Gasteiger partial charge is 0.417 e. The average molecular weight is 559 g/mol. The van der Waals surface area contributed by atoms with Gasteiger partial charge in [-0.15, -0.1) is 0 Å². The highest BCUT2D eigenvalue weighted by atomic mass is 35.5. The largest absolute Gasteiger partial charge is 0.479 e. The molecule has 0 aliphatic carbocycles. The Bertz CT molecular complexity index is 1340. The lowest BCUT2D eigenvalue weighted by Gasteiger charge is -2.13. The second-order valence-electron chi connectivity index (χ2n) is 7.27. The number of aromatic nitrogens is 1. The van der Waals surface area contributed by atoms with Crippen molar-refractivity contribution in [2.45, 2.75) is 19.2 Å². The van der Waals surface area contributed by atoms with E-state index in [1.807, 2.05) is 0 Å². The Balaban J connectivity index is 0.000000757. The summed E-state index contributed by atoms with van der Waals surface area (Å²) in [6.45, 7) is 1.20. The number of anilines is 2. The van der Waals surface area contributed by atoms with Gasteiger partial charge in [-0.1, -0.05) is 11.6 Å². The highest BCUT2D eigenvalue weighted by molar-refractivity contribution is 6.31. The van der Waals surface area contributed by atoms with Crippen molar-refractivity contribution in [1.29, 1.82) is 0 Å². The number of hydrogen-bond acceptors (Lipinski definition) is 6. The third-order valence-electron chi connectivity index (χ3n) is 4.30. The summed E-state index contributed by atoms with van der Waals surface area (Å²) in [5.41, 5.74) is 3.51. The average Bonchev–Trinajstić information content (AvgIpc) is 2.82. The van der Waals surface area contributed by atoms with Crippen LogP contribution >= 0.6 is 11.6 Å². The fraction of sp³-hybridized carbons (Fsp3) is 0.130. The number of carboxylic acids is 1. The van der Waals surface area contributed by atoms with E-state index in [2.05, 4.69) is 15.6 Å². The SMILES string of the molecule is CC(O)C(=O)O.NC(=O)c1cc(Oc2ccc(NC(=O)Nc3ccc(Cl)c(C(F)(F)F)c3)c(F)c2)ccn1. The van der Waals surface area contributed by atoms with Crippen LogP contribution in [0.3, 0.4) is 0 Å². The number of nitrogens with zero attached hydrogens (tertiary/aromatic N) is 1. The second kappa shape index (κ2) is 12.7. The van der Waals surface area contributed by atoms with Gasteiger partial charge in [0, 0.05) is 24.0 Å². The van der Waals surface area contributed by atoms with Crippen LogP contribution in [0, 0.1) is 5.82 Å². The zero-order chi connectivity index (χ0) is 28.6. The Hall–Kier alpha value is -4.43. The van der Waals surface area contributed by atoms with Crippen LogP contribution in [0.25, 0.3) is 0 Å². The van der Waals surface area contributed by atoms with Gasteiger partial charge in [0.05, 0.1) is 16.3 Å². The molecule has 0 saturated heterocycles. The van der Waals surface area contributed by atoms with E-state index in [4.69, 9.17) is 32.3 Å². The Morgan fingerprint density at radius 2 is 1.68 bits per heavy atom.